The van der Waals surface area contributed by atoms with Crippen molar-refractivity contribution in [1.29, 1.82) is 0 Å². The second-order valence-corrected chi connectivity index (χ2v) is 16.1. The van der Waals surface area contributed by atoms with Crippen molar-refractivity contribution < 1.29 is 4.42 Å². The van der Waals surface area contributed by atoms with Gasteiger partial charge in [0.1, 0.15) is 11.2 Å². The van der Waals surface area contributed by atoms with E-state index in [1.807, 2.05) is 12.1 Å². The summed E-state index contributed by atoms with van der Waals surface area (Å²) in [5.74, 6) is 0. The number of furan rings is 1. The number of hydrogen-bond acceptors (Lipinski definition) is 2. The summed E-state index contributed by atoms with van der Waals surface area (Å²) in [6, 6.07) is 87.0. The van der Waals surface area contributed by atoms with Gasteiger partial charge in [-0.1, -0.05) is 170 Å². The molecule has 0 saturated carbocycles. The maximum Gasteiger partial charge on any atom is 0.136 e. The van der Waals surface area contributed by atoms with E-state index in [1.54, 1.807) is 0 Å². The van der Waals surface area contributed by atoms with Gasteiger partial charge in [-0.3, -0.25) is 0 Å². The molecule has 10 aromatic carbocycles. The minimum atomic E-state index is 0.898. The third kappa shape index (κ3) is 6.38. The molecule has 0 N–H and O–H groups in total. The molecule has 296 valence electrons. The summed E-state index contributed by atoms with van der Waals surface area (Å²) in [5.41, 5.74) is 18.0. The summed E-state index contributed by atoms with van der Waals surface area (Å²) in [5, 5.41) is 4.79. The van der Waals surface area contributed by atoms with E-state index in [0.29, 0.717) is 0 Å². The van der Waals surface area contributed by atoms with Crippen molar-refractivity contribution in [3.63, 3.8) is 0 Å². The minimum absolute atomic E-state index is 0.898. The first-order valence-electron chi connectivity index (χ1n) is 21.5. The number of fused-ring (bicyclic) bond motifs is 6. The Balaban J connectivity index is 0.924. The number of para-hydroxylation sites is 3. The fraction of sp³-hybridized carbons (Fsp3) is 0. The maximum atomic E-state index is 6.29. The molecular formula is C60H40N2O. The molecule has 0 fully saturated rings. The van der Waals surface area contributed by atoms with Crippen molar-refractivity contribution in [1.82, 2.24) is 4.57 Å². The Morgan fingerprint density at radius 1 is 0.302 bits per heavy atom. The summed E-state index contributed by atoms with van der Waals surface area (Å²) in [6.07, 6.45) is 0. The van der Waals surface area contributed by atoms with E-state index in [0.717, 1.165) is 61.4 Å². The highest BCUT2D eigenvalue weighted by molar-refractivity contribution is 6.14. The highest BCUT2D eigenvalue weighted by Crippen LogP contribution is 2.43. The van der Waals surface area contributed by atoms with Crippen LogP contribution in [-0.4, -0.2) is 4.57 Å². The van der Waals surface area contributed by atoms with Crippen LogP contribution in [0.5, 0.6) is 0 Å². The number of rotatable bonds is 8. The molecule has 0 aliphatic heterocycles. The molecule has 12 aromatic rings. The predicted octanol–water partition coefficient (Wildman–Crippen LogP) is 16.8. The Bertz CT molecular complexity index is 3550. The Kier molecular flexibility index (Phi) is 8.83. The zero-order valence-corrected chi connectivity index (χ0v) is 34.4. The van der Waals surface area contributed by atoms with Gasteiger partial charge < -0.3 is 13.9 Å². The molecule has 2 aromatic heterocycles. The van der Waals surface area contributed by atoms with E-state index in [2.05, 4.69) is 240 Å². The van der Waals surface area contributed by atoms with Gasteiger partial charge in [-0.2, -0.15) is 0 Å². The van der Waals surface area contributed by atoms with Crippen molar-refractivity contribution in [2.45, 2.75) is 0 Å². The topological polar surface area (TPSA) is 21.3 Å². The van der Waals surface area contributed by atoms with Gasteiger partial charge in [0.05, 0.1) is 11.0 Å². The molecule has 0 amide bonds. The second-order valence-electron chi connectivity index (χ2n) is 16.1. The molecule has 0 bridgehead atoms. The molecule has 0 saturated heterocycles. The standard InChI is InChI=1S/C60H40N2O/c1-2-14-41(15-3-1)42-28-34-46(35-29-42)61(47-36-30-43(31-37-47)45-16-12-17-49(40-45)62-56-24-9-6-20-52(56)53-21-7-10-25-57(53)62)48-38-32-44(33-39-48)50-18-4-5-19-51(50)54-23-13-27-59-60(54)55-22-8-11-26-58(55)63-59/h1-40H. The Labute approximate surface area is 366 Å². The molecule has 0 unspecified atom stereocenters. The molecule has 63 heavy (non-hydrogen) atoms. The molecule has 12 rings (SSSR count). The highest BCUT2D eigenvalue weighted by atomic mass is 16.3. The maximum absolute atomic E-state index is 6.29. The van der Waals surface area contributed by atoms with Gasteiger partial charge in [-0.05, 0) is 117 Å². The quantitative estimate of drug-likeness (QED) is 0.153. The van der Waals surface area contributed by atoms with Crippen molar-refractivity contribution >= 4 is 60.8 Å². The van der Waals surface area contributed by atoms with Crippen LogP contribution in [0.15, 0.2) is 247 Å². The van der Waals surface area contributed by atoms with Gasteiger partial charge in [0, 0.05) is 44.3 Å². The summed E-state index contributed by atoms with van der Waals surface area (Å²) >= 11 is 0. The first kappa shape index (κ1) is 36.5. The summed E-state index contributed by atoms with van der Waals surface area (Å²) < 4.78 is 8.67. The van der Waals surface area contributed by atoms with E-state index in [4.69, 9.17) is 4.42 Å². The Morgan fingerprint density at radius 2 is 0.762 bits per heavy atom. The molecule has 0 spiro atoms. The molecule has 3 heteroatoms. The van der Waals surface area contributed by atoms with Gasteiger partial charge in [0.2, 0.25) is 0 Å². The SMILES string of the molecule is c1ccc(-c2ccc(N(c3ccc(-c4cccc(-n5c6ccccc6c6ccccc65)c4)cc3)c3ccc(-c4ccccc4-c4cccc5oc6ccccc6c45)cc3)cc2)cc1. The van der Waals surface area contributed by atoms with Gasteiger partial charge in [-0.25, -0.2) is 0 Å². The second kappa shape index (κ2) is 15.3. The lowest BCUT2D eigenvalue weighted by molar-refractivity contribution is 0.669. The van der Waals surface area contributed by atoms with Crippen molar-refractivity contribution in [3.05, 3.63) is 243 Å². The molecule has 0 aliphatic carbocycles. The summed E-state index contributed by atoms with van der Waals surface area (Å²) in [7, 11) is 0. The lowest BCUT2D eigenvalue weighted by Crippen LogP contribution is -2.09. The number of hydrogen-bond donors (Lipinski definition) is 0. The summed E-state index contributed by atoms with van der Waals surface area (Å²) in [4.78, 5) is 2.35. The number of benzene rings is 10. The van der Waals surface area contributed by atoms with E-state index in [1.165, 1.54) is 49.6 Å². The van der Waals surface area contributed by atoms with Gasteiger partial charge in [-0.15, -0.1) is 0 Å². The first-order valence-corrected chi connectivity index (χ1v) is 21.5. The van der Waals surface area contributed by atoms with Crippen molar-refractivity contribution in [3.8, 4) is 50.2 Å². The van der Waals surface area contributed by atoms with Crippen molar-refractivity contribution in [2.75, 3.05) is 4.90 Å². The molecule has 0 aliphatic rings. The lowest BCUT2D eigenvalue weighted by atomic mass is 9.92. The van der Waals surface area contributed by atoms with E-state index in [-0.39, 0.29) is 0 Å². The van der Waals surface area contributed by atoms with Crippen LogP contribution in [0.1, 0.15) is 0 Å². The largest absolute Gasteiger partial charge is 0.456 e. The Hall–Kier alpha value is -8.40. The van der Waals surface area contributed by atoms with E-state index < -0.39 is 0 Å². The zero-order valence-electron chi connectivity index (χ0n) is 34.4. The molecule has 2 heterocycles. The van der Waals surface area contributed by atoms with Gasteiger partial charge in [0.25, 0.3) is 0 Å². The number of anilines is 3. The van der Waals surface area contributed by atoms with Crippen LogP contribution in [0.3, 0.4) is 0 Å². The van der Waals surface area contributed by atoms with Crippen LogP contribution in [-0.2, 0) is 0 Å². The predicted molar refractivity (Wildman–Crippen MR) is 264 cm³/mol. The molecule has 3 nitrogen and oxygen atoms in total. The first-order chi connectivity index (χ1) is 31.2. The lowest BCUT2D eigenvalue weighted by Gasteiger charge is -2.26. The normalized spacial score (nSPS) is 11.5. The smallest absolute Gasteiger partial charge is 0.136 e. The van der Waals surface area contributed by atoms with Crippen LogP contribution in [0.4, 0.5) is 17.1 Å². The molecule has 0 atom stereocenters. The molecule has 0 radical (unpaired) electrons. The highest BCUT2D eigenvalue weighted by Gasteiger charge is 2.18. The van der Waals surface area contributed by atoms with E-state index >= 15 is 0 Å². The van der Waals surface area contributed by atoms with Gasteiger partial charge >= 0.3 is 0 Å². The van der Waals surface area contributed by atoms with E-state index in [9.17, 15) is 0 Å². The zero-order chi connectivity index (χ0) is 41.7. The van der Waals surface area contributed by atoms with Gasteiger partial charge in [0.15, 0.2) is 0 Å². The Morgan fingerprint density at radius 3 is 1.43 bits per heavy atom. The minimum Gasteiger partial charge on any atom is -0.456 e. The number of nitrogens with zero attached hydrogens (tertiary/aromatic N) is 2. The fourth-order valence-corrected chi connectivity index (χ4v) is 9.47. The average molecular weight is 805 g/mol. The van der Waals surface area contributed by atoms with Crippen LogP contribution in [0.25, 0.3) is 93.9 Å². The van der Waals surface area contributed by atoms with Crippen LogP contribution < -0.4 is 4.90 Å². The fourth-order valence-electron chi connectivity index (χ4n) is 9.47. The van der Waals surface area contributed by atoms with Crippen LogP contribution in [0.2, 0.25) is 0 Å². The van der Waals surface area contributed by atoms with Crippen LogP contribution >= 0.6 is 0 Å². The van der Waals surface area contributed by atoms with Crippen molar-refractivity contribution in [2.24, 2.45) is 0 Å². The monoisotopic (exact) mass is 804 g/mol. The number of aromatic nitrogens is 1. The third-order valence-corrected chi connectivity index (χ3v) is 12.4. The third-order valence-electron chi connectivity index (χ3n) is 12.4. The van der Waals surface area contributed by atoms with Crippen LogP contribution in [0, 0.1) is 0 Å². The molecular weight excluding hydrogens is 765 g/mol. The summed E-state index contributed by atoms with van der Waals surface area (Å²) in [6.45, 7) is 0. The average Bonchev–Trinajstić information content (AvgIpc) is 3.91.